The van der Waals surface area contributed by atoms with E-state index in [1.807, 2.05) is 27.7 Å². The quantitative estimate of drug-likeness (QED) is 0.591. The molecule has 0 saturated heterocycles. The van der Waals surface area contributed by atoms with Crippen LogP contribution in [0.4, 0.5) is 0 Å². The molecule has 0 aromatic carbocycles. The zero-order valence-corrected chi connectivity index (χ0v) is 15.1. The van der Waals surface area contributed by atoms with Gasteiger partial charge in [-0.2, -0.15) is 0 Å². The van der Waals surface area contributed by atoms with Gasteiger partial charge in [-0.25, -0.2) is 0 Å². The van der Waals surface area contributed by atoms with Gasteiger partial charge in [-0.1, -0.05) is 27.7 Å². The highest BCUT2D eigenvalue weighted by Gasteiger charge is 2.38. The van der Waals surface area contributed by atoms with Crippen LogP contribution in [-0.2, 0) is 18.2 Å². The van der Waals surface area contributed by atoms with Crippen LogP contribution in [0.1, 0.15) is 27.7 Å². The third-order valence-corrected chi connectivity index (χ3v) is 5.51. The standard InChI is InChI=1S/C13H28O6P2/c1-11(2)7-18-21(17,19-8-12(3)4)10-13(5,6)9-20(14,15)16/h11-12H,5-10H2,1-4H3,(H2,14,15,16). The normalized spacial score (nSPS) is 14.2. The van der Waals surface area contributed by atoms with Gasteiger partial charge in [-0.05, 0) is 31.1 Å². The molecule has 21 heavy (non-hydrogen) atoms. The van der Waals surface area contributed by atoms with Crippen LogP contribution in [0.2, 0.25) is 0 Å². The minimum Gasteiger partial charge on any atom is -0.324 e. The van der Waals surface area contributed by atoms with Gasteiger partial charge in [0.25, 0.3) is 0 Å². The first-order chi connectivity index (χ1) is 9.25. The van der Waals surface area contributed by atoms with E-state index in [0.29, 0.717) is 0 Å². The van der Waals surface area contributed by atoms with E-state index in [0.717, 1.165) is 0 Å². The van der Waals surface area contributed by atoms with Gasteiger partial charge in [0, 0.05) is 0 Å². The molecular formula is C13H28O6P2. The van der Waals surface area contributed by atoms with Crippen LogP contribution in [0.3, 0.4) is 0 Å². The van der Waals surface area contributed by atoms with Crippen molar-refractivity contribution < 1.29 is 28.0 Å². The van der Waals surface area contributed by atoms with Crippen molar-refractivity contribution in [2.45, 2.75) is 27.7 Å². The first-order valence-corrected chi connectivity index (χ1v) is 10.4. The highest BCUT2D eigenvalue weighted by atomic mass is 31.2. The van der Waals surface area contributed by atoms with E-state index in [1.165, 1.54) is 0 Å². The van der Waals surface area contributed by atoms with Crippen molar-refractivity contribution >= 4 is 15.2 Å². The SMILES string of the molecule is [CH2]C([CH2])(CP(=O)(O)O)CP(=O)(OCC(C)C)OCC(C)C. The Hall–Kier alpha value is 0.300. The van der Waals surface area contributed by atoms with E-state index in [2.05, 4.69) is 13.8 Å². The third kappa shape index (κ3) is 11.5. The molecule has 0 rings (SSSR count). The Kier molecular flexibility index (Phi) is 8.35. The molecule has 8 heteroatoms. The summed E-state index contributed by atoms with van der Waals surface area (Å²) in [6.45, 7) is 15.4. The molecule has 0 bridgehead atoms. The summed E-state index contributed by atoms with van der Waals surface area (Å²) in [5, 5.41) is 0. The first kappa shape index (κ1) is 21.3. The molecule has 0 atom stereocenters. The van der Waals surface area contributed by atoms with Gasteiger partial charge in [0.15, 0.2) is 0 Å². The second-order valence-corrected chi connectivity index (χ2v) is 10.2. The summed E-state index contributed by atoms with van der Waals surface area (Å²) in [5.74, 6) is 0.318. The lowest BCUT2D eigenvalue weighted by Gasteiger charge is -2.30. The van der Waals surface area contributed by atoms with Gasteiger partial charge in [0.05, 0.1) is 25.5 Å². The van der Waals surface area contributed by atoms with Crippen molar-refractivity contribution in [2.75, 3.05) is 25.5 Å². The van der Waals surface area contributed by atoms with Crippen LogP contribution in [0, 0.1) is 31.1 Å². The van der Waals surface area contributed by atoms with Crippen LogP contribution < -0.4 is 0 Å². The topological polar surface area (TPSA) is 93.1 Å². The zero-order chi connectivity index (χ0) is 16.9. The number of hydrogen-bond donors (Lipinski definition) is 2. The Morgan fingerprint density at radius 2 is 1.33 bits per heavy atom. The highest BCUT2D eigenvalue weighted by molar-refractivity contribution is 7.54. The summed E-state index contributed by atoms with van der Waals surface area (Å²) in [4.78, 5) is 18.1. The van der Waals surface area contributed by atoms with Crippen LogP contribution in [-0.4, -0.2) is 35.3 Å². The smallest absolute Gasteiger partial charge is 0.324 e. The second kappa shape index (κ2) is 8.24. The van der Waals surface area contributed by atoms with Crippen molar-refractivity contribution in [2.24, 2.45) is 17.3 Å². The predicted octanol–water partition coefficient (Wildman–Crippen LogP) is 3.36. The van der Waals surface area contributed by atoms with Crippen molar-refractivity contribution in [1.29, 1.82) is 0 Å². The fourth-order valence-corrected chi connectivity index (χ4v) is 4.95. The van der Waals surface area contributed by atoms with Gasteiger partial charge >= 0.3 is 15.2 Å². The fraction of sp³-hybridized carbons (Fsp3) is 0.846. The minimum atomic E-state index is -4.31. The monoisotopic (exact) mass is 342 g/mol. The summed E-state index contributed by atoms with van der Waals surface area (Å²) in [6, 6.07) is 0. The molecule has 0 aliphatic rings. The van der Waals surface area contributed by atoms with E-state index < -0.39 is 26.8 Å². The van der Waals surface area contributed by atoms with E-state index >= 15 is 0 Å². The Morgan fingerprint density at radius 1 is 0.952 bits per heavy atom. The molecule has 6 nitrogen and oxygen atoms in total. The Balaban J connectivity index is 4.94. The van der Waals surface area contributed by atoms with E-state index in [4.69, 9.17) is 18.8 Å². The first-order valence-electron chi connectivity index (χ1n) is 6.88. The lowest BCUT2D eigenvalue weighted by Crippen LogP contribution is -2.25. The fourth-order valence-electron chi connectivity index (χ4n) is 1.55. The molecule has 0 saturated carbocycles. The largest absolute Gasteiger partial charge is 0.331 e. The Morgan fingerprint density at radius 3 is 1.62 bits per heavy atom. The summed E-state index contributed by atoms with van der Waals surface area (Å²) in [7, 11) is -7.81. The molecule has 2 radical (unpaired) electrons. The van der Waals surface area contributed by atoms with E-state index in [1.54, 1.807) is 0 Å². The molecule has 2 N–H and O–H groups in total. The van der Waals surface area contributed by atoms with Gasteiger partial charge < -0.3 is 18.8 Å². The maximum Gasteiger partial charge on any atom is 0.331 e. The van der Waals surface area contributed by atoms with Crippen molar-refractivity contribution in [3.63, 3.8) is 0 Å². The molecule has 0 aromatic heterocycles. The zero-order valence-electron chi connectivity index (χ0n) is 13.3. The molecule has 0 heterocycles. The Labute approximate surface area is 128 Å². The average molecular weight is 342 g/mol. The van der Waals surface area contributed by atoms with Crippen LogP contribution in [0.15, 0.2) is 0 Å². The summed E-state index contributed by atoms with van der Waals surface area (Å²) in [6.07, 6.45) is -0.801. The number of hydrogen-bond acceptors (Lipinski definition) is 4. The van der Waals surface area contributed by atoms with E-state index in [9.17, 15) is 9.13 Å². The molecular weight excluding hydrogens is 314 g/mol. The lowest BCUT2D eigenvalue weighted by atomic mass is 10.0. The average Bonchev–Trinajstić information content (AvgIpc) is 2.19. The number of rotatable bonds is 10. The highest BCUT2D eigenvalue weighted by Crippen LogP contribution is 2.55. The molecule has 126 valence electrons. The molecule has 0 amide bonds. The third-order valence-electron chi connectivity index (χ3n) is 2.28. The van der Waals surface area contributed by atoms with Crippen LogP contribution in [0.5, 0.6) is 0 Å². The van der Waals surface area contributed by atoms with Gasteiger partial charge in [-0.15, -0.1) is 0 Å². The van der Waals surface area contributed by atoms with Crippen molar-refractivity contribution in [3.8, 4) is 0 Å². The summed E-state index contributed by atoms with van der Waals surface area (Å²) in [5.41, 5.74) is -1.33. The summed E-state index contributed by atoms with van der Waals surface area (Å²) < 4.78 is 34.6. The minimum absolute atomic E-state index is 0.159. The lowest BCUT2D eigenvalue weighted by molar-refractivity contribution is 0.169. The molecule has 0 aliphatic carbocycles. The Bertz CT molecular complexity index is 383. The van der Waals surface area contributed by atoms with Crippen molar-refractivity contribution in [3.05, 3.63) is 13.8 Å². The van der Waals surface area contributed by atoms with Crippen LogP contribution >= 0.6 is 15.2 Å². The van der Waals surface area contributed by atoms with Gasteiger partial charge in [0.2, 0.25) is 0 Å². The van der Waals surface area contributed by atoms with Crippen molar-refractivity contribution in [1.82, 2.24) is 0 Å². The molecule has 0 spiro atoms. The molecule has 0 aromatic rings. The predicted molar refractivity (Wildman–Crippen MR) is 84.1 cm³/mol. The maximum atomic E-state index is 12.7. The van der Waals surface area contributed by atoms with E-state index in [-0.39, 0.29) is 31.2 Å². The van der Waals surface area contributed by atoms with Crippen LogP contribution in [0.25, 0.3) is 0 Å². The van der Waals surface area contributed by atoms with Gasteiger partial charge in [-0.3, -0.25) is 9.13 Å². The summed E-state index contributed by atoms with van der Waals surface area (Å²) >= 11 is 0. The van der Waals surface area contributed by atoms with Gasteiger partial charge in [0.1, 0.15) is 0 Å². The molecule has 0 unspecified atom stereocenters. The second-order valence-electron chi connectivity index (χ2n) is 6.47. The molecule has 0 fully saturated rings. The molecule has 0 aliphatic heterocycles. The maximum absolute atomic E-state index is 12.7.